The van der Waals surface area contributed by atoms with Gasteiger partial charge in [0.2, 0.25) is 0 Å². The van der Waals surface area contributed by atoms with Crippen LogP contribution >= 0.6 is 11.8 Å². The first kappa shape index (κ1) is 28.5. The zero-order valence-electron chi connectivity index (χ0n) is 27.2. The van der Waals surface area contributed by atoms with Crippen molar-refractivity contribution in [2.75, 3.05) is 0 Å². The van der Waals surface area contributed by atoms with Crippen LogP contribution in [0.15, 0.2) is 178 Å². The Morgan fingerprint density at radius 2 is 0.961 bits per heavy atom. The average Bonchev–Trinajstić information content (AvgIpc) is 3.71. The Morgan fingerprint density at radius 1 is 0.412 bits per heavy atom. The van der Waals surface area contributed by atoms with Gasteiger partial charge in [0.05, 0.1) is 11.0 Å². The molecule has 2 aliphatic rings. The Labute approximate surface area is 298 Å². The number of nitrogens with zero attached hydrogens (tertiary/aromatic N) is 3. The molecular formula is C46H27N3OS. The number of fused-ring (bicyclic) bond motifs is 12. The van der Waals surface area contributed by atoms with Crippen LogP contribution < -0.4 is 0 Å². The molecule has 11 rings (SSSR count). The topological polar surface area (TPSA) is 51.8 Å². The molecule has 0 saturated heterocycles. The summed E-state index contributed by atoms with van der Waals surface area (Å²) in [4.78, 5) is 17.5. The first-order valence-corrected chi connectivity index (χ1v) is 17.9. The number of para-hydroxylation sites is 1. The monoisotopic (exact) mass is 669 g/mol. The molecule has 1 aliphatic carbocycles. The van der Waals surface area contributed by atoms with E-state index < -0.39 is 5.41 Å². The maximum Gasteiger partial charge on any atom is 0.167 e. The van der Waals surface area contributed by atoms with Crippen molar-refractivity contribution in [1.29, 1.82) is 0 Å². The van der Waals surface area contributed by atoms with Crippen molar-refractivity contribution in [3.05, 3.63) is 186 Å². The number of hydrogen-bond donors (Lipinski definition) is 0. The highest BCUT2D eigenvalue weighted by molar-refractivity contribution is 7.99. The molecule has 0 bridgehead atoms. The first-order valence-electron chi connectivity index (χ1n) is 17.1. The van der Waals surface area contributed by atoms with E-state index >= 15 is 0 Å². The van der Waals surface area contributed by atoms with E-state index in [1.54, 1.807) is 0 Å². The van der Waals surface area contributed by atoms with E-state index in [-0.39, 0.29) is 0 Å². The molecule has 1 aliphatic heterocycles. The third kappa shape index (κ3) is 4.07. The van der Waals surface area contributed by atoms with Crippen LogP contribution in [0.2, 0.25) is 0 Å². The average molecular weight is 670 g/mol. The largest absolute Gasteiger partial charge is 0.455 e. The molecule has 7 aromatic carbocycles. The molecule has 0 radical (unpaired) electrons. The molecule has 4 nitrogen and oxygen atoms in total. The van der Waals surface area contributed by atoms with Crippen molar-refractivity contribution < 1.29 is 4.42 Å². The fraction of sp³-hybridized carbons (Fsp3) is 0.0217. The number of rotatable bonds is 3. The second kappa shape index (κ2) is 10.8. The number of furan rings is 1. The fourth-order valence-corrected chi connectivity index (χ4v) is 9.45. The second-order valence-corrected chi connectivity index (χ2v) is 14.2. The van der Waals surface area contributed by atoms with Crippen LogP contribution in [-0.2, 0) is 5.41 Å². The van der Waals surface area contributed by atoms with Crippen LogP contribution in [0.1, 0.15) is 22.3 Å². The molecule has 51 heavy (non-hydrogen) atoms. The predicted molar refractivity (Wildman–Crippen MR) is 205 cm³/mol. The zero-order valence-corrected chi connectivity index (χ0v) is 28.1. The van der Waals surface area contributed by atoms with Gasteiger partial charge in [0.25, 0.3) is 0 Å². The first-order chi connectivity index (χ1) is 25.3. The van der Waals surface area contributed by atoms with Gasteiger partial charge in [-0.25, -0.2) is 15.0 Å². The highest BCUT2D eigenvalue weighted by Gasteiger charge is 2.50. The van der Waals surface area contributed by atoms with E-state index in [1.165, 1.54) is 43.2 Å². The van der Waals surface area contributed by atoms with Gasteiger partial charge in [0.15, 0.2) is 17.5 Å². The number of hydrogen-bond acceptors (Lipinski definition) is 5. The van der Waals surface area contributed by atoms with Crippen LogP contribution in [0, 0.1) is 0 Å². The summed E-state index contributed by atoms with van der Waals surface area (Å²) in [6.07, 6.45) is 0. The van der Waals surface area contributed by atoms with Crippen LogP contribution in [0.5, 0.6) is 0 Å². The van der Waals surface area contributed by atoms with E-state index in [2.05, 4.69) is 103 Å². The van der Waals surface area contributed by atoms with Gasteiger partial charge in [-0.05, 0) is 57.6 Å². The van der Waals surface area contributed by atoms with Gasteiger partial charge in [-0.3, -0.25) is 0 Å². The van der Waals surface area contributed by atoms with Crippen LogP contribution in [0.3, 0.4) is 0 Å². The number of benzene rings is 7. The Kier molecular flexibility index (Phi) is 6.07. The normalized spacial score (nSPS) is 13.6. The van der Waals surface area contributed by atoms with Crippen molar-refractivity contribution in [3.63, 3.8) is 0 Å². The quantitative estimate of drug-likeness (QED) is 0.187. The minimum Gasteiger partial charge on any atom is -0.455 e. The minimum atomic E-state index is -0.455. The van der Waals surface area contributed by atoms with Gasteiger partial charge in [-0.15, -0.1) is 0 Å². The van der Waals surface area contributed by atoms with Crippen molar-refractivity contribution in [2.24, 2.45) is 0 Å². The lowest BCUT2D eigenvalue weighted by molar-refractivity contribution is 0.665. The summed E-state index contributed by atoms with van der Waals surface area (Å²) in [5.74, 6) is 1.82. The molecule has 1 spiro atoms. The van der Waals surface area contributed by atoms with Gasteiger partial charge in [-0.1, -0.05) is 151 Å². The molecule has 0 amide bonds. The standard InChI is InChI=1S/C46H27N3OS/c1-3-14-28(15-4-1)43-47-44(29-16-5-2-6-17-29)49-45(48-43)33-21-13-20-32-34-26-38-41(27-39(34)50-42(32)33)51-40-25-12-11-24-37(40)46(38)35-22-9-7-18-30(35)31-19-8-10-23-36(31)46/h1-27H. The third-order valence-corrected chi connectivity index (χ3v) is 11.5. The lowest BCUT2D eigenvalue weighted by Gasteiger charge is -2.39. The van der Waals surface area contributed by atoms with Crippen LogP contribution in [0.4, 0.5) is 0 Å². The Morgan fingerprint density at radius 3 is 1.63 bits per heavy atom. The SMILES string of the molecule is c1ccc(-c2nc(-c3ccccc3)nc(-c3cccc4c3oc3cc5c(cc34)C3(c4ccccc4S5)c4ccccc4-c4ccccc43)n2)cc1. The lowest BCUT2D eigenvalue weighted by Crippen LogP contribution is -2.31. The van der Waals surface area contributed by atoms with E-state index in [4.69, 9.17) is 19.4 Å². The maximum absolute atomic E-state index is 6.86. The summed E-state index contributed by atoms with van der Waals surface area (Å²) in [5.41, 5.74) is 11.7. The Hall–Kier alpha value is -6.30. The third-order valence-electron chi connectivity index (χ3n) is 10.4. The van der Waals surface area contributed by atoms with Crippen molar-refractivity contribution in [3.8, 4) is 45.3 Å². The zero-order chi connectivity index (χ0) is 33.5. The molecule has 3 heterocycles. The van der Waals surface area contributed by atoms with E-state index in [1.807, 2.05) is 72.4 Å². The Bertz CT molecular complexity index is 2740. The summed E-state index contributed by atoms with van der Waals surface area (Å²) in [5, 5.41) is 2.11. The maximum atomic E-state index is 6.86. The Balaban J connectivity index is 1.18. The van der Waals surface area contributed by atoms with Gasteiger partial charge < -0.3 is 4.42 Å². The fourth-order valence-electron chi connectivity index (χ4n) is 8.25. The van der Waals surface area contributed by atoms with Gasteiger partial charge in [-0.2, -0.15) is 0 Å². The highest BCUT2D eigenvalue weighted by Crippen LogP contribution is 2.62. The van der Waals surface area contributed by atoms with Crippen molar-refractivity contribution >= 4 is 33.7 Å². The van der Waals surface area contributed by atoms with E-state index in [9.17, 15) is 0 Å². The summed E-state index contributed by atoms with van der Waals surface area (Å²) >= 11 is 1.82. The van der Waals surface area contributed by atoms with Crippen LogP contribution in [-0.4, -0.2) is 15.0 Å². The van der Waals surface area contributed by atoms with Crippen molar-refractivity contribution in [1.82, 2.24) is 15.0 Å². The molecule has 0 saturated carbocycles. The smallest absolute Gasteiger partial charge is 0.167 e. The molecule has 238 valence electrons. The number of aromatic nitrogens is 3. The molecule has 0 unspecified atom stereocenters. The minimum absolute atomic E-state index is 0.455. The highest BCUT2D eigenvalue weighted by atomic mass is 32.2. The molecule has 0 N–H and O–H groups in total. The predicted octanol–water partition coefficient (Wildman–Crippen LogP) is 11.6. The lowest BCUT2D eigenvalue weighted by atomic mass is 9.67. The molecule has 9 aromatic rings. The van der Waals surface area contributed by atoms with E-state index in [0.717, 1.165) is 38.6 Å². The molecule has 5 heteroatoms. The van der Waals surface area contributed by atoms with E-state index in [0.29, 0.717) is 17.5 Å². The summed E-state index contributed by atoms with van der Waals surface area (Å²) in [6.45, 7) is 0. The summed E-state index contributed by atoms with van der Waals surface area (Å²) in [7, 11) is 0. The second-order valence-electron chi connectivity index (χ2n) is 13.1. The molecule has 0 fully saturated rings. The van der Waals surface area contributed by atoms with Crippen molar-refractivity contribution in [2.45, 2.75) is 15.2 Å². The molecule has 0 atom stereocenters. The van der Waals surface area contributed by atoms with Gasteiger partial charge in [0.1, 0.15) is 11.2 Å². The van der Waals surface area contributed by atoms with Gasteiger partial charge in [0, 0.05) is 31.7 Å². The molecule has 2 aromatic heterocycles. The van der Waals surface area contributed by atoms with Crippen LogP contribution in [0.25, 0.3) is 67.2 Å². The summed E-state index contributed by atoms with van der Waals surface area (Å²) < 4.78 is 6.86. The summed E-state index contributed by atoms with van der Waals surface area (Å²) in [6, 6.07) is 57.8. The molecular weight excluding hydrogens is 643 g/mol. The van der Waals surface area contributed by atoms with Gasteiger partial charge >= 0.3 is 0 Å².